The van der Waals surface area contributed by atoms with Crippen LogP contribution in [0.5, 0.6) is 0 Å². The minimum Gasteiger partial charge on any atom is -0.394 e. The molecule has 0 bridgehead atoms. The summed E-state index contributed by atoms with van der Waals surface area (Å²) in [5.74, 6) is 2.48. The molecule has 4 nitrogen and oxygen atoms in total. The third-order valence-corrected chi connectivity index (χ3v) is 3.93. The number of rotatable bonds is 3. The second kappa shape index (κ2) is 4.53. The topological polar surface area (TPSA) is 49.2 Å². The van der Waals surface area contributed by atoms with Crippen LogP contribution < -0.4 is 4.90 Å². The van der Waals surface area contributed by atoms with Gasteiger partial charge in [-0.2, -0.15) is 0 Å². The van der Waals surface area contributed by atoms with E-state index in [-0.39, 0.29) is 12.6 Å². The Morgan fingerprint density at radius 3 is 2.88 bits per heavy atom. The number of hydrogen-bond acceptors (Lipinski definition) is 4. The number of aliphatic hydroxyl groups is 1. The average Bonchev–Trinajstić information content (AvgIpc) is 3.06. The molecule has 1 aliphatic carbocycles. The maximum absolute atomic E-state index is 9.36. The van der Waals surface area contributed by atoms with Gasteiger partial charge >= 0.3 is 0 Å². The molecule has 92 valence electrons. The van der Waals surface area contributed by atoms with Crippen LogP contribution in [0.4, 0.5) is 5.82 Å². The van der Waals surface area contributed by atoms with Crippen molar-refractivity contribution in [2.75, 3.05) is 18.1 Å². The summed E-state index contributed by atoms with van der Waals surface area (Å²) in [6, 6.07) is 2.18. The molecule has 1 aliphatic heterocycles. The Balaban J connectivity index is 1.90. The first-order valence-corrected chi connectivity index (χ1v) is 6.99. The van der Waals surface area contributed by atoms with Crippen LogP contribution in [-0.4, -0.2) is 34.3 Å². The van der Waals surface area contributed by atoms with E-state index in [1.54, 1.807) is 0 Å². The van der Waals surface area contributed by atoms with Crippen LogP contribution in [0.3, 0.4) is 0 Å². The minimum atomic E-state index is 0.209. The van der Waals surface area contributed by atoms with Gasteiger partial charge in [-0.25, -0.2) is 9.97 Å². The van der Waals surface area contributed by atoms with E-state index in [4.69, 9.17) is 0 Å². The van der Waals surface area contributed by atoms with Crippen molar-refractivity contribution in [2.24, 2.45) is 0 Å². The Labute approximate surface area is 109 Å². The van der Waals surface area contributed by atoms with Crippen molar-refractivity contribution >= 4 is 21.7 Å². The molecule has 0 spiro atoms. The number of anilines is 1. The molecule has 5 heteroatoms. The highest BCUT2D eigenvalue weighted by molar-refractivity contribution is 9.10. The van der Waals surface area contributed by atoms with Crippen LogP contribution in [0.1, 0.15) is 37.4 Å². The van der Waals surface area contributed by atoms with Crippen LogP contribution >= 0.6 is 15.9 Å². The number of hydrogen-bond donors (Lipinski definition) is 1. The molecule has 0 radical (unpaired) electrons. The van der Waals surface area contributed by atoms with E-state index in [9.17, 15) is 5.11 Å². The zero-order chi connectivity index (χ0) is 11.8. The van der Waals surface area contributed by atoms with Gasteiger partial charge in [0, 0.05) is 18.5 Å². The molecule has 1 saturated carbocycles. The van der Waals surface area contributed by atoms with Crippen LogP contribution in [0.15, 0.2) is 10.7 Å². The van der Waals surface area contributed by atoms with E-state index >= 15 is 0 Å². The molecular formula is C12H16BrN3O. The van der Waals surface area contributed by atoms with Gasteiger partial charge in [0.05, 0.1) is 12.6 Å². The molecule has 0 amide bonds. The van der Waals surface area contributed by atoms with E-state index in [1.165, 1.54) is 12.8 Å². The first-order valence-electron chi connectivity index (χ1n) is 6.20. The summed E-state index contributed by atoms with van der Waals surface area (Å²) in [5, 5.41) is 9.36. The largest absolute Gasteiger partial charge is 0.394 e. The molecule has 2 heterocycles. The Morgan fingerprint density at radius 2 is 2.18 bits per heavy atom. The second-order valence-corrected chi connectivity index (χ2v) is 5.67. The lowest BCUT2D eigenvalue weighted by atomic mass is 10.2. The highest BCUT2D eigenvalue weighted by atomic mass is 79.9. The molecule has 2 fully saturated rings. The summed E-state index contributed by atoms with van der Waals surface area (Å²) in [4.78, 5) is 11.3. The van der Waals surface area contributed by atoms with E-state index in [0.29, 0.717) is 5.92 Å². The van der Waals surface area contributed by atoms with Crippen LogP contribution in [0, 0.1) is 0 Å². The highest BCUT2D eigenvalue weighted by Gasteiger charge is 2.30. The zero-order valence-electron chi connectivity index (χ0n) is 9.64. The SMILES string of the molecule is OCC1CCCN1c1cc(Br)nc(C2CC2)n1. The van der Waals surface area contributed by atoms with Gasteiger partial charge in [0.2, 0.25) is 0 Å². The van der Waals surface area contributed by atoms with Crippen molar-refractivity contribution in [2.45, 2.75) is 37.6 Å². The molecular weight excluding hydrogens is 282 g/mol. The molecule has 1 N–H and O–H groups in total. The lowest BCUT2D eigenvalue weighted by molar-refractivity contribution is 0.266. The third kappa shape index (κ3) is 2.31. The minimum absolute atomic E-state index is 0.209. The summed E-state index contributed by atoms with van der Waals surface area (Å²) >= 11 is 3.46. The fourth-order valence-electron chi connectivity index (χ4n) is 2.42. The molecule has 1 atom stereocenters. The number of nitrogens with zero attached hydrogens (tertiary/aromatic N) is 3. The number of aromatic nitrogens is 2. The second-order valence-electron chi connectivity index (χ2n) is 4.85. The Kier molecular flexibility index (Phi) is 3.04. The standard InChI is InChI=1S/C12H16BrN3O/c13-10-6-11(15-12(14-10)8-3-4-8)16-5-1-2-9(16)7-17/h6,8-9,17H,1-5,7H2. The average molecular weight is 298 g/mol. The summed E-state index contributed by atoms with van der Waals surface area (Å²) in [7, 11) is 0. The first-order chi connectivity index (χ1) is 8.28. The Morgan fingerprint density at radius 1 is 1.35 bits per heavy atom. The normalized spacial score (nSPS) is 24.4. The quantitative estimate of drug-likeness (QED) is 0.868. The van der Waals surface area contributed by atoms with E-state index in [0.717, 1.165) is 35.6 Å². The Hall–Kier alpha value is -0.680. The predicted molar refractivity (Wildman–Crippen MR) is 69.2 cm³/mol. The molecule has 3 rings (SSSR count). The van der Waals surface area contributed by atoms with Crippen molar-refractivity contribution in [1.29, 1.82) is 0 Å². The number of halogens is 1. The highest BCUT2D eigenvalue weighted by Crippen LogP contribution is 2.39. The van der Waals surface area contributed by atoms with Crippen LogP contribution in [0.2, 0.25) is 0 Å². The first kappa shape index (κ1) is 11.4. The smallest absolute Gasteiger partial charge is 0.135 e. The van der Waals surface area contributed by atoms with Gasteiger partial charge in [0.1, 0.15) is 16.2 Å². The van der Waals surface area contributed by atoms with Crippen LogP contribution in [-0.2, 0) is 0 Å². The van der Waals surface area contributed by atoms with Crippen molar-refractivity contribution < 1.29 is 5.11 Å². The van der Waals surface area contributed by atoms with E-state index in [1.807, 2.05) is 6.07 Å². The summed E-state index contributed by atoms with van der Waals surface area (Å²) in [6.45, 7) is 1.19. The van der Waals surface area contributed by atoms with Gasteiger partial charge < -0.3 is 10.0 Å². The van der Waals surface area contributed by atoms with Gasteiger partial charge in [0.25, 0.3) is 0 Å². The van der Waals surface area contributed by atoms with E-state index in [2.05, 4.69) is 30.8 Å². The third-order valence-electron chi connectivity index (χ3n) is 3.52. The van der Waals surface area contributed by atoms with Crippen LogP contribution in [0.25, 0.3) is 0 Å². The van der Waals surface area contributed by atoms with Crippen molar-refractivity contribution in [3.8, 4) is 0 Å². The summed E-state index contributed by atoms with van der Waals surface area (Å²) in [6.07, 6.45) is 4.60. The monoisotopic (exact) mass is 297 g/mol. The lowest BCUT2D eigenvalue weighted by Gasteiger charge is -2.24. The van der Waals surface area contributed by atoms with Gasteiger partial charge in [-0.3, -0.25) is 0 Å². The molecule has 1 aromatic heterocycles. The summed E-state index contributed by atoms with van der Waals surface area (Å²) in [5.41, 5.74) is 0. The van der Waals surface area contributed by atoms with E-state index < -0.39 is 0 Å². The summed E-state index contributed by atoms with van der Waals surface area (Å²) < 4.78 is 0.855. The maximum Gasteiger partial charge on any atom is 0.135 e. The fourth-order valence-corrected chi connectivity index (χ4v) is 2.81. The molecule has 1 unspecified atom stereocenters. The maximum atomic E-state index is 9.36. The van der Waals surface area contributed by atoms with Gasteiger partial charge in [-0.15, -0.1) is 0 Å². The van der Waals surface area contributed by atoms with Crippen molar-refractivity contribution in [3.63, 3.8) is 0 Å². The molecule has 0 aromatic carbocycles. The van der Waals surface area contributed by atoms with Gasteiger partial charge in [-0.05, 0) is 41.6 Å². The lowest BCUT2D eigenvalue weighted by Crippen LogP contribution is -2.33. The van der Waals surface area contributed by atoms with Crippen molar-refractivity contribution in [3.05, 3.63) is 16.5 Å². The van der Waals surface area contributed by atoms with Gasteiger partial charge in [-0.1, -0.05) is 0 Å². The van der Waals surface area contributed by atoms with Crippen molar-refractivity contribution in [1.82, 2.24) is 9.97 Å². The van der Waals surface area contributed by atoms with Gasteiger partial charge in [0.15, 0.2) is 0 Å². The molecule has 1 saturated heterocycles. The molecule has 17 heavy (non-hydrogen) atoms. The number of aliphatic hydroxyl groups excluding tert-OH is 1. The molecule has 2 aliphatic rings. The Bertz CT molecular complexity index is 422. The zero-order valence-corrected chi connectivity index (χ0v) is 11.2. The fraction of sp³-hybridized carbons (Fsp3) is 0.667. The predicted octanol–water partition coefficient (Wildman–Crippen LogP) is 2.08. The molecule has 1 aromatic rings.